The van der Waals surface area contributed by atoms with Crippen molar-refractivity contribution in [3.8, 4) is 0 Å². The molecule has 0 aliphatic carbocycles. The van der Waals surface area contributed by atoms with Crippen molar-refractivity contribution in [3.05, 3.63) is 29.6 Å². The highest BCUT2D eigenvalue weighted by molar-refractivity contribution is 7.17. The van der Waals surface area contributed by atoms with E-state index in [0.29, 0.717) is 13.1 Å². The van der Waals surface area contributed by atoms with E-state index in [9.17, 15) is 9.59 Å². The minimum absolute atomic E-state index is 0. The maximum Gasteiger partial charge on any atom is 0.242 e. The van der Waals surface area contributed by atoms with Crippen LogP contribution in [0.1, 0.15) is 19.8 Å². The molecule has 2 amide bonds. The van der Waals surface area contributed by atoms with Crippen molar-refractivity contribution in [1.82, 2.24) is 14.7 Å². The Hall–Kier alpha value is -1.83. The van der Waals surface area contributed by atoms with E-state index in [-0.39, 0.29) is 30.8 Å². The average Bonchev–Trinajstić information content (AvgIpc) is 3.21. The van der Waals surface area contributed by atoms with E-state index < -0.39 is 0 Å². The maximum atomic E-state index is 12.2. The molecule has 0 atom stereocenters. The van der Waals surface area contributed by atoms with Crippen LogP contribution in [0.2, 0.25) is 0 Å². The first-order valence-corrected chi connectivity index (χ1v) is 11.5. The molecule has 2 saturated heterocycles. The molecule has 0 N–H and O–H groups in total. The first kappa shape index (κ1) is 22.8. The molecule has 2 aromatic rings. The summed E-state index contributed by atoms with van der Waals surface area (Å²) in [7, 11) is 0. The van der Waals surface area contributed by atoms with Gasteiger partial charge >= 0.3 is 0 Å². The molecule has 3 heterocycles. The minimum Gasteiger partial charge on any atom is -0.368 e. The molecule has 2 aliphatic heterocycles. The van der Waals surface area contributed by atoms with Crippen LogP contribution < -0.4 is 4.90 Å². The lowest BCUT2D eigenvalue weighted by Gasteiger charge is -2.37. The van der Waals surface area contributed by atoms with Crippen molar-refractivity contribution in [1.29, 1.82) is 0 Å². The summed E-state index contributed by atoms with van der Waals surface area (Å²) in [6, 6.07) is 8.84. The summed E-state index contributed by atoms with van der Waals surface area (Å²) in [6.07, 6.45) is 2.14. The Morgan fingerprint density at radius 2 is 1.77 bits per heavy atom. The number of fused-ring (bicyclic) bond motifs is 1. The quantitative estimate of drug-likeness (QED) is 0.635. The number of thiophene rings is 1. The largest absolute Gasteiger partial charge is 0.368 e. The van der Waals surface area contributed by atoms with Gasteiger partial charge in [-0.1, -0.05) is 6.07 Å². The zero-order chi connectivity index (χ0) is 20.2. The van der Waals surface area contributed by atoms with Crippen molar-refractivity contribution in [3.63, 3.8) is 0 Å². The molecular formula is C22H31ClN4O2S. The number of hydrogen-bond acceptors (Lipinski definition) is 5. The summed E-state index contributed by atoms with van der Waals surface area (Å²) in [5.74, 6) is 0.0787. The van der Waals surface area contributed by atoms with Crippen LogP contribution in [0.4, 0.5) is 5.69 Å². The van der Waals surface area contributed by atoms with Gasteiger partial charge in [0.2, 0.25) is 11.8 Å². The van der Waals surface area contributed by atoms with Crippen LogP contribution in [0.25, 0.3) is 10.1 Å². The lowest BCUT2D eigenvalue weighted by atomic mass is 10.1. The lowest BCUT2D eigenvalue weighted by molar-refractivity contribution is -0.144. The van der Waals surface area contributed by atoms with Gasteiger partial charge in [0, 0.05) is 68.5 Å². The zero-order valence-electron chi connectivity index (χ0n) is 17.6. The predicted octanol–water partition coefficient (Wildman–Crippen LogP) is 2.92. The topological polar surface area (TPSA) is 47.1 Å². The van der Waals surface area contributed by atoms with Crippen LogP contribution in [-0.2, 0) is 9.59 Å². The van der Waals surface area contributed by atoms with Crippen LogP contribution in [0, 0.1) is 0 Å². The Morgan fingerprint density at radius 3 is 2.50 bits per heavy atom. The third kappa shape index (κ3) is 5.25. The number of nitrogens with zero attached hydrogens (tertiary/aromatic N) is 4. The first-order chi connectivity index (χ1) is 14.1. The number of unbranched alkanes of at least 4 members (excludes halogenated alkanes) is 1. The minimum atomic E-state index is -0.00706. The van der Waals surface area contributed by atoms with E-state index in [1.165, 1.54) is 22.7 Å². The van der Waals surface area contributed by atoms with Gasteiger partial charge in [-0.3, -0.25) is 14.5 Å². The highest BCUT2D eigenvalue weighted by Gasteiger charge is 2.25. The average molecular weight is 451 g/mol. The third-order valence-corrected chi connectivity index (χ3v) is 6.98. The Morgan fingerprint density at radius 1 is 1.00 bits per heavy atom. The molecule has 30 heavy (non-hydrogen) atoms. The van der Waals surface area contributed by atoms with Gasteiger partial charge in [0.1, 0.15) is 0 Å². The van der Waals surface area contributed by atoms with Crippen molar-refractivity contribution in [2.24, 2.45) is 0 Å². The molecule has 4 rings (SSSR count). The van der Waals surface area contributed by atoms with Crippen LogP contribution in [0.15, 0.2) is 29.6 Å². The van der Waals surface area contributed by atoms with E-state index >= 15 is 0 Å². The van der Waals surface area contributed by atoms with Crippen LogP contribution in [0.3, 0.4) is 0 Å². The second kappa shape index (κ2) is 10.5. The lowest BCUT2D eigenvalue weighted by Crippen LogP contribution is -2.52. The van der Waals surface area contributed by atoms with Crippen molar-refractivity contribution >= 4 is 51.3 Å². The fourth-order valence-electron chi connectivity index (χ4n) is 4.32. The number of carbonyl (C=O) groups excluding carboxylic acids is 2. The van der Waals surface area contributed by atoms with Gasteiger partial charge in [0.25, 0.3) is 0 Å². The standard InChI is InChI=1S/C22H30N4O2S.ClH/c1-18(27)26-15-14-25(22(28)17-26)9-3-2-8-23-10-12-24(13-11-23)20-5-4-6-21-19(20)7-16-29-21;/h4-7,16H,2-3,8-15,17H2,1H3;1H. The number of halogens is 1. The van der Waals surface area contributed by atoms with Crippen molar-refractivity contribution in [2.45, 2.75) is 19.8 Å². The molecule has 0 bridgehead atoms. The highest BCUT2D eigenvalue weighted by Crippen LogP contribution is 2.31. The SMILES string of the molecule is CC(=O)N1CCN(CCCCN2CCN(c3cccc4sccc34)CC2)C(=O)C1.Cl. The molecule has 0 unspecified atom stereocenters. The Bertz CT molecular complexity index is 866. The van der Waals surface area contributed by atoms with Crippen LogP contribution >= 0.6 is 23.7 Å². The van der Waals surface area contributed by atoms with Gasteiger partial charge in [0.15, 0.2) is 0 Å². The number of benzene rings is 1. The number of hydrogen-bond donors (Lipinski definition) is 0. The van der Waals surface area contributed by atoms with E-state index in [2.05, 4.69) is 39.4 Å². The Labute approximate surface area is 188 Å². The van der Waals surface area contributed by atoms with Crippen LogP contribution in [-0.4, -0.2) is 85.4 Å². The molecule has 164 valence electrons. The smallest absolute Gasteiger partial charge is 0.242 e. The molecule has 0 saturated carbocycles. The highest BCUT2D eigenvalue weighted by atomic mass is 35.5. The van der Waals surface area contributed by atoms with Gasteiger partial charge in [-0.05, 0) is 43.0 Å². The summed E-state index contributed by atoms with van der Waals surface area (Å²) >= 11 is 1.81. The van der Waals surface area contributed by atoms with Gasteiger partial charge in [-0.2, -0.15) is 0 Å². The van der Waals surface area contributed by atoms with E-state index in [1.807, 2.05) is 16.2 Å². The van der Waals surface area contributed by atoms with E-state index in [4.69, 9.17) is 0 Å². The number of amides is 2. The predicted molar refractivity (Wildman–Crippen MR) is 126 cm³/mol. The number of carbonyl (C=O) groups is 2. The molecule has 0 spiro atoms. The number of rotatable bonds is 6. The normalized spacial score (nSPS) is 18.0. The van der Waals surface area contributed by atoms with Crippen molar-refractivity contribution in [2.75, 3.05) is 63.8 Å². The number of anilines is 1. The van der Waals surface area contributed by atoms with Gasteiger partial charge in [0.05, 0.1) is 6.54 Å². The third-order valence-electron chi connectivity index (χ3n) is 6.10. The monoisotopic (exact) mass is 450 g/mol. The zero-order valence-corrected chi connectivity index (χ0v) is 19.2. The molecule has 1 aromatic carbocycles. The van der Waals surface area contributed by atoms with Crippen molar-refractivity contribution < 1.29 is 9.59 Å². The second-order valence-electron chi connectivity index (χ2n) is 7.97. The van der Waals surface area contributed by atoms with E-state index in [0.717, 1.165) is 52.1 Å². The summed E-state index contributed by atoms with van der Waals surface area (Å²) in [5, 5.41) is 3.55. The van der Waals surface area contributed by atoms with Gasteiger partial charge in [-0.25, -0.2) is 0 Å². The fraction of sp³-hybridized carbons (Fsp3) is 0.545. The maximum absolute atomic E-state index is 12.2. The molecule has 0 radical (unpaired) electrons. The summed E-state index contributed by atoms with van der Waals surface area (Å²) in [6.45, 7) is 9.35. The Balaban J connectivity index is 0.00000256. The summed E-state index contributed by atoms with van der Waals surface area (Å²) < 4.78 is 1.36. The summed E-state index contributed by atoms with van der Waals surface area (Å²) in [5.41, 5.74) is 1.37. The van der Waals surface area contributed by atoms with E-state index in [1.54, 1.807) is 4.90 Å². The fourth-order valence-corrected chi connectivity index (χ4v) is 5.13. The van der Waals surface area contributed by atoms with Gasteiger partial charge < -0.3 is 14.7 Å². The molecule has 2 fully saturated rings. The molecule has 8 heteroatoms. The molecular weight excluding hydrogens is 420 g/mol. The van der Waals surface area contributed by atoms with Crippen LogP contribution in [0.5, 0.6) is 0 Å². The summed E-state index contributed by atoms with van der Waals surface area (Å²) in [4.78, 5) is 32.2. The molecule has 1 aromatic heterocycles. The first-order valence-electron chi connectivity index (χ1n) is 10.6. The Kier molecular flexibility index (Phi) is 7.97. The van der Waals surface area contributed by atoms with Gasteiger partial charge in [-0.15, -0.1) is 23.7 Å². The second-order valence-corrected chi connectivity index (χ2v) is 8.91. The molecule has 2 aliphatic rings. The number of piperazine rings is 2. The molecule has 6 nitrogen and oxygen atoms in total.